The summed E-state index contributed by atoms with van der Waals surface area (Å²) in [6.45, 7) is 5.11. The Labute approximate surface area is 186 Å². The lowest BCUT2D eigenvalue weighted by Gasteiger charge is -2.29. The first-order chi connectivity index (χ1) is 14.0. The molecular weight excluding hydrogens is 451 g/mol. The summed E-state index contributed by atoms with van der Waals surface area (Å²) in [5.74, 6) is -1.05. The first-order valence-electron chi connectivity index (χ1n) is 8.98. The highest BCUT2D eigenvalue weighted by Crippen LogP contribution is 2.32. The summed E-state index contributed by atoms with van der Waals surface area (Å²) in [5, 5.41) is 3.11. The van der Waals surface area contributed by atoms with E-state index in [0.29, 0.717) is 16.8 Å². The monoisotopic (exact) mass is 472 g/mol. The molecule has 2 rings (SSSR count). The molecule has 1 N–H and O–H groups in total. The van der Waals surface area contributed by atoms with Gasteiger partial charge in [0.2, 0.25) is 15.9 Å². The lowest BCUT2D eigenvalue weighted by atomic mass is 10.1. The highest BCUT2D eigenvalue weighted by Gasteiger charge is 2.31. The van der Waals surface area contributed by atoms with E-state index in [2.05, 4.69) is 5.32 Å². The van der Waals surface area contributed by atoms with Crippen LogP contribution in [0.3, 0.4) is 0 Å². The average molecular weight is 473 g/mol. The second-order valence-corrected chi connectivity index (χ2v) is 9.27. The van der Waals surface area contributed by atoms with Gasteiger partial charge in [0.25, 0.3) is 0 Å². The van der Waals surface area contributed by atoms with Crippen molar-refractivity contribution >= 4 is 56.5 Å². The fourth-order valence-corrected chi connectivity index (χ4v) is 4.42. The normalized spacial score (nSPS) is 12.2. The van der Waals surface area contributed by atoms with Gasteiger partial charge in [-0.2, -0.15) is 0 Å². The van der Waals surface area contributed by atoms with E-state index in [-0.39, 0.29) is 22.3 Å². The third kappa shape index (κ3) is 5.65. The van der Waals surface area contributed by atoms with Gasteiger partial charge in [0.1, 0.15) is 6.04 Å². The number of rotatable bonds is 7. The lowest BCUT2D eigenvalue weighted by Crippen LogP contribution is -2.45. The Balaban J connectivity index is 2.32. The maximum absolute atomic E-state index is 12.9. The van der Waals surface area contributed by atoms with Crippen molar-refractivity contribution in [2.24, 2.45) is 0 Å². The van der Waals surface area contributed by atoms with Crippen molar-refractivity contribution in [2.45, 2.75) is 26.8 Å². The van der Waals surface area contributed by atoms with E-state index in [0.717, 1.165) is 10.6 Å². The summed E-state index contributed by atoms with van der Waals surface area (Å²) in [6.07, 6.45) is 0.980. The first-order valence-corrected chi connectivity index (χ1v) is 11.6. The van der Waals surface area contributed by atoms with Crippen molar-refractivity contribution in [3.8, 4) is 0 Å². The zero-order chi connectivity index (χ0) is 22.6. The molecule has 0 aliphatic heterocycles. The Morgan fingerprint density at radius 1 is 1.17 bits per heavy atom. The Morgan fingerprint density at radius 3 is 2.40 bits per heavy atom. The summed E-state index contributed by atoms with van der Waals surface area (Å²) in [4.78, 5) is 24.7. The zero-order valence-corrected chi connectivity index (χ0v) is 19.2. The van der Waals surface area contributed by atoms with E-state index in [1.54, 1.807) is 26.0 Å². The van der Waals surface area contributed by atoms with Crippen molar-refractivity contribution in [3.05, 3.63) is 57.6 Å². The van der Waals surface area contributed by atoms with Gasteiger partial charge in [-0.1, -0.05) is 23.2 Å². The number of nitrogens with zero attached hydrogens (tertiary/aromatic N) is 1. The topological polar surface area (TPSA) is 92.8 Å². The van der Waals surface area contributed by atoms with Crippen molar-refractivity contribution in [1.82, 2.24) is 0 Å². The minimum atomic E-state index is -3.86. The standard InChI is InChI=1S/C20H22Cl2N2O5S/c1-5-29-20(26)14-6-9-17(12(2)10-14)23-19(25)13(3)24(30(4,27)28)18-11-15(21)7-8-16(18)22/h6-11,13H,5H2,1-4H3,(H,23,25). The average Bonchev–Trinajstić information content (AvgIpc) is 2.65. The van der Waals surface area contributed by atoms with Gasteiger partial charge in [-0.15, -0.1) is 0 Å². The number of hydrogen-bond donors (Lipinski definition) is 1. The number of aryl methyl sites for hydroxylation is 1. The van der Waals surface area contributed by atoms with Gasteiger partial charge in [0.15, 0.2) is 0 Å². The van der Waals surface area contributed by atoms with Crippen LogP contribution in [0.1, 0.15) is 29.8 Å². The fraction of sp³-hybridized carbons (Fsp3) is 0.300. The second-order valence-electron chi connectivity index (χ2n) is 6.57. The van der Waals surface area contributed by atoms with E-state index >= 15 is 0 Å². The van der Waals surface area contributed by atoms with Gasteiger partial charge in [-0.3, -0.25) is 9.10 Å². The van der Waals surface area contributed by atoms with E-state index in [4.69, 9.17) is 27.9 Å². The second kappa shape index (κ2) is 9.68. The minimum absolute atomic E-state index is 0.101. The van der Waals surface area contributed by atoms with Gasteiger partial charge in [-0.05, 0) is 62.7 Å². The Hall–Kier alpha value is -2.29. The molecule has 0 saturated heterocycles. The Morgan fingerprint density at radius 2 is 1.83 bits per heavy atom. The van der Waals surface area contributed by atoms with Crippen LogP contribution in [0.4, 0.5) is 11.4 Å². The zero-order valence-electron chi connectivity index (χ0n) is 16.9. The van der Waals surface area contributed by atoms with Crippen molar-refractivity contribution in [3.63, 3.8) is 0 Å². The maximum atomic E-state index is 12.9. The number of anilines is 2. The largest absolute Gasteiger partial charge is 0.462 e. The van der Waals surface area contributed by atoms with Crippen LogP contribution < -0.4 is 9.62 Å². The van der Waals surface area contributed by atoms with Crippen LogP contribution in [0.5, 0.6) is 0 Å². The van der Waals surface area contributed by atoms with Gasteiger partial charge in [0.05, 0.1) is 29.1 Å². The van der Waals surface area contributed by atoms with Crippen molar-refractivity contribution < 1.29 is 22.7 Å². The number of carbonyl (C=O) groups excluding carboxylic acids is 2. The SMILES string of the molecule is CCOC(=O)c1ccc(NC(=O)C(C)N(c2cc(Cl)ccc2Cl)S(C)(=O)=O)c(C)c1. The molecule has 7 nitrogen and oxygen atoms in total. The number of benzene rings is 2. The molecule has 1 amide bonds. The minimum Gasteiger partial charge on any atom is -0.462 e. The number of amides is 1. The molecule has 0 aromatic heterocycles. The molecule has 162 valence electrons. The number of hydrogen-bond acceptors (Lipinski definition) is 5. The summed E-state index contributed by atoms with van der Waals surface area (Å²) in [5.41, 5.74) is 1.51. The number of carbonyl (C=O) groups is 2. The number of esters is 1. The van der Waals surface area contributed by atoms with Gasteiger partial charge >= 0.3 is 5.97 Å². The van der Waals surface area contributed by atoms with Crippen LogP contribution in [0.2, 0.25) is 10.0 Å². The third-order valence-corrected chi connectivity index (χ3v) is 6.01. The molecule has 2 aromatic carbocycles. The van der Waals surface area contributed by atoms with Gasteiger partial charge in [-0.25, -0.2) is 13.2 Å². The molecule has 0 radical (unpaired) electrons. The van der Waals surface area contributed by atoms with E-state index in [9.17, 15) is 18.0 Å². The fourth-order valence-electron chi connectivity index (χ4n) is 2.82. The number of sulfonamides is 1. The smallest absolute Gasteiger partial charge is 0.338 e. The molecule has 0 spiro atoms. The van der Waals surface area contributed by atoms with E-state index in [1.807, 2.05) is 0 Å². The third-order valence-electron chi connectivity index (χ3n) is 4.23. The highest BCUT2D eigenvalue weighted by molar-refractivity contribution is 7.92. The number of ether oxygens (including phenoxy) is 1. The number of nitrogens with one attached hydrogen (secondary N) is 1. The predicted octanol–water partition coefficient (Wildman–Crippen LogP) is 4.27. The summed E-state index contributed by atoms with van der Waals surface area (Å²) in [6, 6.07) is 7.90. The van der Waals surface area contributed by atoms with Gasteiger partial charge in [0, 0.05) is 10.7 Å². The van der Waals surface area contributed by atoms with E-state index < -0.39 is 27.9 Å². The molecule has 10 heteroatoms. The summed E-state index contributed by atoms with van der Waals surface area (Å²) in [7, 11) is -3.86. The molecule has 0 bridgehead atoms. The Bertz CT molecular complexity index is 1070. The first kappa shape index (κ1) is 24.0. The van der Waals surface area contributed by atoms with Crippen LogP contribution in [0, 0.1) is 6.92 Å². The quantitative estimate of drug-likeness (QED) is 0.607. The molecule has 1 unspecified atom stereocenters. The molecule has 0 saturated carbocycles. The summed E-state index contributed by atoms with van der Waals surface area (Å²) >= 11 is 12.2. The molecule has 0 heterocycles. The Kier molecular flexibility index (Phi) is 7.74. The predicted molar refractivity (Wildman–Crippen MR) is 119 cm³/mol. The van der Waals surface area contributed by atoms with Crippen LogP contribution in [-0.2, 0) is 19.6 Å². The maximum Gasteiger partial charge on any atom is 0.338 e. The molecule has 1 atom stereocenters. The lowest BCUT2D eigenvalue weighted by molar-refractivity contribution is -0.116. The van der Waals surface area contributed by atoms with E-state index in [1.165, 1.54) is 31.2 Å². The highest BCUT2D eigenvalue weighted by atomic mass is 35.5. The molecular formula is C20H22Cl2N2O5S. The van der Waals surface area contributed by atoms with Crippen LogP contribution in [0.15, 0.2) is 36.4 Å². The van der Waals surface area contributed by atoms with Gasteiger partial charge < -0.3 is 10.1 Å². The molecule has 30 heavy (non-hydrogen) atoms. The molecule has 0 fully saturated rings. The summed E-state index contributed by atoms with van der Waals surface area (Å²) < 4.78 is 30.7. The number of halogens is 2. The van der Waals surface area contributed by atoms with Crippen LogP contribution >= 0.6 is 23.2 Å². The molecule has 0 aliphatic carbocycles. The van der Waals surface area contributed by atoms with Crippen LogP contribution in [-0.4, -0.2) is 39.2 Å². The van der Waals surface area contributed by atoms with Crippen molar-refractivity contribution in [1.29, 1.82) is 0 Å². The molecule has 2 aromatic rings. The van der Waals surface area contributed by atoms with Crippen molar-refractivity contribution in [2.75, 3.05) is 22.5 Å². The molecule has 0 aliphatic rings. The van der Waals surface area contributed by atoms with Crippen LogP contribution in [0.25, 0.3) is 0 Å².